The van der Waals surface area contributed by atoms with Gasteiger partial charge in [0.2, 0.25) is 5.95 Å². The van der Waals surface area contributed by atoms with E-state index in [1.165, 1.54) is 31.5 Å². The molecule has 24 heavy (non-hydrogen) atoms. The standard InChI is InChI=1S/C18H30N6/c1-10(2)22(3)18-20-14-15(19)21-16(23(4)17(14)24(18)5)13-9-11-6-7-12(13)8-11/h10-13,15H,6-9,19H2,1-5H3. The topological polar surface area (TPSA) is 62.7 Å². The first kappa shape index (κ1) is 15.9. The molecule has 4 rings (SSSR count). The lowest BCUT2D eigenvalue weighted by Crippen LogP contribution is -2.41. The number of aliphatic imine (C=N–C) groups is 1. The number of anilines is 2. The first-order chi connectivity index (χ1) is 11.4. The quantitative estimate of drug-likeness (QED) is 0.925. The highest BCUT2D eigenvalue weighted by atomic mass is 15.4. The molecule has 2 saturated carbocycles. The third-order valence-corrected chi connectivity index (χ3v) is 6.44. The molecule has 0 saturated heterocycles. The lowest BCUT2D eigenvalue weighted by molar-refractivity contribution is 0.408. The van der Waals surface area contributed by atoms with E-state index in [1.54, 1.807) is 0 Å². The number of rotatable bonds is 3. The molecule has 1 aliphatic heterocycles. The van der Waals surface area contributed by atoms with Crippen LogP contribution >= 0.6 is 0 Å². The lowest BCUT2D eigenvalue weighted by atomic mass is 9.87. The van der Waals surface area contributed by atoms with Crippen molar-refractivity contribution in [3.8, 4) is 0 Å². The van der Waals surface area contributed by atoms with Gasteiger partial charge < -0.3 is 15.5 Å². The smallest absolute Gasteiger partial charge is 0.207 e. The molecule has 0 aromatic carbocycles. The van der Waals surface area contributed by atoms with Crippen LogP contribution in [0.5, 0.6) is 0 Å². The van der Waals surface area contributed by atoms with Crippen LogP contribution in [0.3, 0.4) is 0 Å². The summed E-state index contributed by atoms with van der Waals surface area (Å²) in [6, 6.07) is 0.389. The van der Waals surface area contributed by atoms with Crippen molar-refractivity contribution >= 4 is 17.6 Å². The molecule has 2 aliphatic carbocycles. The zero-order valence-electron chi connectivity index (χ0n) is 15.5. The number of hydrogen-bond acceptors (Lipinski definition) is 5. The minimum absolute atomic E-state index is 0.342. The molecule has 1 aromatic heterocycles. The van der Waals surface area contributed by atoms with Gasteiger partial charge in [-0.3, -0.25) is 4.57 Å². The van der Waals surface area contributed by atoms with Crippen molar-refractivity contribution in [1.29, 1.82) is 0 Å². The van der Waals surface area contributed by atoms with E-state index in [1.807, 2.05) is 0 Å². The largest absolute Gasteiger partial charge is 0.343 e. The maximum absolute atomic E-state index is 6.41. The number of hydrogen-bond donors (Lipinski definition) is 1. The molecule has 0 amide bonds. The van der Waals surface area contributed by atoms with Gasteiger partial charge in [-0.15, -0.1) is 0 Å². The van der Waals surface area contributed by atoms with Crippen molar-refractivity contribution in [3.63, 3.8) is 0 Å². The van der Waals surface area contributed by atoms with E-state index in [4.69, 9.17) is 15.7 Å². The van der Waals surface area contributed by atoms with Crippen molar-refractivity contribution in [3.05, 3.63) is 5.69 Å². The summed E-state index contributed by atoms with van der Waals surface area (Å²) < 4.78 is 2.18. The molecule has 2 bridgehead atoms. The van der Waals surface area contributed by atoms with Gasteiger partial charge in [0.05, 0.1) is 0 Å². The molecule has 2 N–H and O–H groups in total. The van der Waals surface area contributed by atoms with Crippen LogP contribution in [0.4, 0.5) is 11.8 Å². The van der Waals surface area contributed by atoms with Crippen molar-refractivity contribution < 1.29 is 0 Å². The summed E-state index contributed by atoms with van der Waals surface area (Å²) in [7, 11) is 6.31. The van der Waals surface area contributed by atoms with Gasteiger partial charge in [0.1, 0.15) is 23.5 Å². The van der Waals surface area contributed by atoms with Crippen LogP contribution in [0.15, 0.2) is 4.99 Å². The Kier molecular flexibility index (Phi) is 3.64. The highest BCUT2D eigenvalue weighted by molar-refractivity contribution is 6.01. The monoisotopic (exact) mass is 330 g/mol. The molecule has 2 heterocycles. The molecule has 6 heteroatoms. The minimum atomic E-state index is -0.342. The average Bonchev–Trinajstić information content (AvgIpc) is 3.24. The number of amidine groups is 1. The molecule has 132 valence electrons. The molecule has 2 fully saturated rings. The molecular weight excluding hydrogens is 300 g/mol. The average molecular weight is 330 g/mol. The Hall–Kier alpha value is -1.56. The molecule has 6 nitrogen and oxygen atoms in total. The Labute approximate surface area is 144 Å². The van der Waals surface area contributed by atoms with Gasteiger partial charge in [-0.2, -0.15) is 0 Å². The van der Waals surface area contributed by atoms with Gasteiger partial charge in [0.15, 0.2) is 0 Å². The predicted octanol–water partition coefficient (Wildman–Crippen LogP) is 2.51. The number of aromatic nitrogens is 2. The summed E-state index contributed by atoms with van der Waals surface area (Å²) in [6.07, 6.45) is 5.09. The normalized spacial score (nSPS) is 31.6. The van der Waals surface area contributed by atoms with Crippen molar-refractivity contribution in [2.24, 2.45) is 35.5 Å². The van der Waals surface area contributed by atoms with E-state index in [2.05, 4.69) is 49.4 Å². The van der Waals surface area contributed by atoms with Gasteiger partial charge >= 0.3 is 0 Å². The maximum Gasteiger partial charge on any atom is 0.207 e. The fourth-order valence-electron chi connectivity index (χ4n) is 4.95. The summed E-state index contributed by atoms with van der Waals surface area (Å²) >= 11 is 0. The van der Waals surface area contributed by atoms with Crippen LogP contribution in [0.1, 0.15) is 51.4 Å². The summed E-state index contributed by atoms with van der Waals surface area (Å²) in [5.41, 5.74) is 7.31. The Morgan fingerprint density at radius 1 is 1.21 bits per heavy atom. The second kappa shape index (κ2) is 5.48. The molecule has 0 spiro atoms. The van der Waals surface area contributed by atoms with Crippen LogP contribution in [-0.2, 0) is 7.05 Å². The third-order valence-electron chi connectivity index (χ3n) is 6.44. The minimum Gasteiger partial charge on any atom is -0.343 e. The van der Waals surface area contributed by atoms with Crippen LogP contribution in [0, 0.1) is 17.8 Å². The van der Waals surface area contributed by atoms with Gasteiger partial charge in [-0.05, 0) is 44.9 Å². The zero-order valence-corrected chi connectivity index (χ0v) is 15.5. The second-order valence-corrected chi connectivity index (χ2v) is 8.16. The molecule has 0 radical (unpaired) electrons. The van der Waals surface area contributed by atoms with Crippen LogP contribution in [0.25, 0.3) is 0 Å². The number of nitrogens with zero attached hydrogens (tertiary/aromatic N) is 5. The molecular formula is C18H30N6. The Balaban J connectivity index is 1.70. The van der Waals surface area contributed by atoms with Crippen LogP contribution in [0.2, 0.25) is 0 Å². The van der Waals surface area contributed by atoms with Crippen LogP contribution in [-0.4, -0.2) is 35.5 Å². The summed E-state index contributed by atoms with van der Waals surface area (Å²) in [6.45, 7) is 4.35. The predicted molar refractivity (Wildman–Crippen MR) is 98.5 cm³/mol. The third kappa shape index (κ3) is 2.19. The molecule has 4 unspecified atom stereocenters. The van der Waals surface area contributed by atoms with Gasteiger partial charge in [-0.25, -0.2) is 9.98 Å². The Morgan fingerprint density at radius 3 is 2.54 bits per heavy atom. The van der Waals surface area contributed by atoms with Crippen molar-refractivity contribution in [1.82, 2.24) is 9.55 Å². The summed E-state index contributed by atoms with van der Waals surface area (Å²) in [5, 5.41) is 0. The van der Waals surface area contributed by atoms with E-state index in [-0.39, 0.29) is 6.17 Å². The van der Waals surface area contributed by atoms with E-state index in [0.717, 1.165) is 29.3 Å². The van der Waals surface area contributed by atoms with E-state index >= 15 is 0 Å². The number of fused-ring (bicyclic) bond motifs is 3. The number of nitrogens with two attached hydrogens (primary N) is 1. The van der Waals surface area contributed by atoms with Crippen LogP contribution < -0.4 is 15.5 Å². The van der Waals surface area contributed by atoms with E-state index in [0.29, 0.717) is 12.0 Å². The number of imidazole rings is 1. The molecule has 1 aromatic rings. The first-order valence-electron chi connectivity index (χ1n) is 9.25. The SMILES string of the molecule is CC(C)N(C)c1nc2c(n1C)N(C)C(C1CC3CCC1C3)=NC2N. The van der Waals surface area contributed by atoms with E-state index in [9.17, 15) is 0 Å². The van der Waals surface area contributed by atoms with Gasteiger partial charge in [0.25, 0.3) is 0 Å². The Bertz CT molecular complexity index is 675. The highest BCUT2D eigenvalue weighted by Gasteiger charge is 2.45. The van der Waals surface area contributed by atoms with E-state index < -0.39 is 0 Å². The fraction of sp³-hybridized carbons (Fsp3) is 0.778. The first-order valence-corrected chi connectivity index (χ1v) is 9.25. The summed E-state index contributed by atoms with van der Waals surface area (Å²) in [5.74, 6) is 5.54. The maximum atomic E-state index is 6.41. The molecule has 3 aliphatic rings. The summed E-state index contributed by atoms with van der Waals surface area (Å²) in [4.78, 5) is 14.2. The zero-order chi connectivity index (χ0) is 17.2. The van der Waals surface area contributed by atoms with Gasteiger partial charge in [-0.1, -0.05) is 6.42 Å². The van der Waals surface area contributed by atoms with Crippen molar-refractivity contribution in [2.45, 2.75) is 51.7 Å². The van der Waals surface area contributed by atoms with Crippen molar-refractivity contribution in [2.75, 3.05) is 23.9 Å². The fourth-order valence-corrected chi connectivity index (χ4v) is 4.95. The Morgan fingerprint density at radius 2 is 1.96 bits per heavy atom. The highest BCUT2D eigenvalue weighted by Crippen LogP contribution is 2.50. The molecule has 4 atom stereocenters. The second-order valence-electron chi connectivity index (χ2n) is 8.16. The lowest BCUT2D eigenvalue weighted by Gasteiger charge is -2.34. The van der Waals surface area contributed by atoms with Gasteiger partial charge in [0, 0.05) is 33.1 Å².